The Hall–Kier alpha value is -3.17. The number of hydrogen-bond acceptors (Lipinski definition) is 4. The van der Waals surface area contributed by atoms with Gasteiger partial charge in [0.25, 0.3) is 5.91 Å². The van der Waals surface area contributed by atoms with E-state index >= 15 is 0 Å². The molecule has 36 heavy (non-hydrogen) atoms. The van der Waals surface area contributed by atoms with Gasteiger partial charge in [-0.15, -0.1) is 0 Å². The molecule has 2 saturated heterocycles. The van der Waals surface area contributed by atoms with E-state index in [2.05, 4.69) is 33.3 Å². The van der Waals surface area contributed by atoms with Crippen molar-refractivity contribution in [3.8, 4) is 6.07 Å². The number of rotatable bonds is 4. The Morgan fingerprint density at radius 1 is 0.917 bits per heavy atom. The zero-order chi connectivity index (χ0) is 24.6. The Bertz CT molecular complexity index is 1200. The van der Waals surface area contributed by atoms with E-state index in [1.54, 1.807) is 24.3 Å². The highest BCUT2D eigenvalue weighted by molar-refractivity contribution is 6.04. The molecule has 2 aromatic rings. The van der Waals surface area contributed by atoms with Gasteiger partial charge in [-0.05, 0) is 80.0 Å². The fourth-order valence-corrected chi connectivity index (χ4v) is 7.08. The monoisotopic (exact) mass is 482 g/mol. The molecule has 1 N–H and O–H groups in total. The fraction of sp³-hybridized carbons (Fsp3) is 0.500. The maximum atomic E-state index is 13.4. The van der Waals surface area contributed by atoms with Crippen LogP contribution in [-0.2, 0) is 11.2 Å². The summed E-state index contributed by atoms with van der Waals surface area (Å²) in [4.78, 5) is 31.1. The van der Waals surface area contributed by atoms with Gasteiger partial charge in [-0.25, -0.2) is 0 Å². The molecular formula is C30H34N4O2. The molecule has 0 aromatic heterocycles. The zero-order valence-corrected chi connectivity index (χ0v) is 20.8. The molecule has 1 saturated carbocycles. The molecule has 2 aliphatic heterocycles. The summed E-state index contributed by atoms with van der Waals surface area (Å²) in [5.41, 5.74) is 4.43. The molecule has 2 unspecified atom stereocenters. The maximum absolute atomic E-state index is 13.4. The molecule has 2 bridgehead atoms. The summed E-state index contributed by atoms with van der Waals surface area (Å²) < 4.78 is 0. The van der Waals surface area contributed by atoms with Gasteiger partial charge < -0.3 is 10.2 Å². The smallest absolute Gasteiger partial charge is 0.255 e. The van der Waals surface area contributed by atoms with Crippen LogP contribution in [0.4, 0.5) is 5.69 Å². The number of carbonyl (C=O) groups excluding carboxylic acids is 2. The van der Waals surface area contributed by atoms with Crippen molar-refractivity contribution in [3.63, 3.8) is 0 Å². The van der Waals surface area contributed by atoms with E-state index < -0.39 is 0 Å². The first-order chi connectivity index (χ1) is 17.6. The van der Waals surface area contributed by atoms with E-state index in [-0.39, 0.29) is 11.8 Å². The number of nitrogens with zero attached hydrogens (tertiary/aromatic N) is 3. The van der Waals surface area contributed by atoms with E-state index in [1.807, 2.05) is 6.07 Å². The number of aryl methyl sites for hydroxylation is 1. The van der Waals surface area contributed by atoms with Crippen LogP contribution in [-0.4, -0.2) is 46.8 Å². The van der Waals surface area contributed by atoms with Gasteiger partial charge in [0, 0.05) is 48.4 Å². The number of likely N-dealkylation sites (tertiary alicyclic amines) is 1. The van der Waals surface area contributed by atoms with Crippen LogP contribution in [0.5, 0.6) is 0 Å². The van der Waals surface area contributed by atoms with Crippen molar-refractivity contribution in [1.82, 2.24) is 9.80 Å². The van der Waals surface area contributed by atoms with E-state index in [4.69, 9.17) is 5.26 Å². The first-order valence-electron chi connectivity index (χ1n) is 13.6. The first-order valence-corrected chi connectivity index (χ1v) is 13.6. The zero-order valence-electron chi connectivity index (χ0n) is 20.8. The quantitative estimate of drug-likeness (QED) is 0.661. The summed E-state index contributed by atoms with van der Waals surface area (Å²) in [6.07, 6.45) is 10.2. The Kier molecular flexibility index (Phi) is 6.27. The van der Waals surface area contributed by atoms with Gasteiger partial charge in [0.15, 0.2) is 0 Å². The minimum Gasteiger partial charge on any atom is -0.334 e. The predicted molar refractivity (Wildman–Crippen MR) is 138 cm³/mol. The van der Waals surface area contributed by atoms with Crippen molar-refractivity contribution in [2.24, 2.45) is 5.92 Å². The van der Waals surface area contributed by atoms with Crippen LogP contribution in [0, 0.1) is 17.2 Å². The lowest BCUT2D eigenvalue weighted by atomic mass is 9.87. The summed E-state index contributed by atoms with van der Waals surface area (Å²) in [6, 6.07) is 16.2. The number of carbonyl (C=O) groups is 2. The van der Waals surface area contributed by atoms with Gasteiger partial charge >= 0.3 is 0 Å². The number of anilines is 1. The summed E-state index contributed by atoms with van der Waals surface area (Å²) in [5.74, 6) is 0.481. The minimum atomic E-state index is -0.200. The SMILES string of the molecule is N#Cc1cccc(C(=O)Nc2ccc3c(c2)[C@H](N2CC4CCC(C2)N4C(=O)C2CCCCC2)CC3)c1. The summed E-state index contributed by atoms with van der Waals surface area (Å²) in [6.45, 7) is 1.91. The highest BCUT2D eigenvalue weighted by atomic mass is 16.2. The van der Waals surface area contributed by atoms with Crippen molar-refractivity contribution < 1.29 is 9.59 Å². The van der Waals surface area contributed by atoms with E-state index in [1.165, 1.54) is 30.4 Å². The first kappa shape index (κ1) is 23.2. The summed E-state index contributed by atoms with van der Waals surface area (Å²) >= 11 is 0. The van der Waals surface area contributed by atoms with Crippen LogP contribution in [0.3, 0.4) is 0 Å². The molecule has 3 fully saturated rings. The number of benzene rings is 2. The van der Waals surface area contributed by atoms with Crippen LogP contribution in [0.15, 0.2) is 42.5 Å². The number of piperazine rings is 1. The molecule has 4 aliphatic rings. The minimum absolute atomic E-state index is 0.200. The molecule has 6 heteroatoms. The molecular weight excluding hydrogens is 448 g/mol. The van der Waals surface area contributed by atoms with Crippen molar-refractivity contribution >= 4 is 17.5 Å². The van der Waals surface area contributed by atoms with Gasteiger partial charge in [-0.1, -0.05) is 31.4 Å². The van der Waals surface area contributed by atoms with Crippen molar-refractivity contribution in [3.05, 3.63) is 64.7 Å². The van der Waals surface area contributed by atoms with Crippen LogP contribution in [0.25, 0.3) is 0 Å². The predicted octanol–water partition coefficient (Wildman–Crippen LogP) is 5.05. The Morgan fingerprint density at radius 2 is 1.69 bits per heavy atom. The van der Waals surface area contributed by atoms with E-state index in [9.17, 15) is 9.59 Å². The molecule has 6 rings (SSSR count). The van der Waals surface area contributed by atoms with Crippen LogP contribution in [0.1, 0.15) is 84.5 Å². The number of amides is 2. The van der Waals surface area contributed by atoms with Crippen LogP contribution in [0.2, 0.25) is 0 Å². The Labute approximate surface area is 213 Å². The molecule has 0 spiro atoms. The van der Waals surface area contributed by atoms with Crippen LogP contribution < -0.4 is 5.32 Å². The highest BCUT2D eigenvalue weighted by Gasteiger charge is 2.46. The Morgan fingerprint density at radius 3 is 2.44 bits per heavy atom. The largest absolute Gasteiger partial charge is 0.334 e. The maximum Gasteiger partial charge on any atom is 0.255 e. The molecule has 2 heterocycles. The van der Waals surface area contributed by atoms with Crippen LogP contribution >= 0.6 is 0 Å². The summed E-state index contributed by atoms with van der Waals surface area (Å²) in [7, 11) is 0. The number of fused-ring (bicyclic) bond motifs is 3. The third kappa shape index (κ3) is 4.30. The lowest BCUT2D eigenvalue weighted by Crippen LogP contribution is -2.57. The van der Waals surface area contributed by atoms with E-state index in [0.29, 0.717) is 35.2 Å². The van der Waals surface area contributed by atoms with Crippen molar-refractivity contribution in [2.45, 2.75) is 75.9 Å². The number of nitrogens with one attached hydrogen (secondary N) is 1. The van der Waals surface area contributed by atoms with Gasteiger partial charge in [-0.2, -0.15) is 5.26 Å². The lowest BCUT2D eigenvalue weighted by molar-refractivity contribution is -0.143. The molecule has 2 aromatic carbocycles. The molecule has 2 amide bonds. The fourth-order valence-electron chi connectivity index (χ4n) is 7.08. The second kappa shape index (κ2) is 9.71. The highest BCUT2D eigenvalue weighted by Crippen LogP contribution is 2.42. The summed E-state index contributed by atoms with van der Waals surface area (Å²) in [5, 5.41) is 12.2. The average Bonchev–Trinajstić information content (AvgIpc) is 3.46. The molecule has 0 radical (unpaired) electrons. The molecule has 2 aliphatic carbocycles. The van der Waals surface area contributed by atoms with Gasteiger partial charge in [0.05, 0.1) is 11.6 Å². The van der Waals surface area contributed by atoms with E-state index in [0.717, 1.165) is 57.3 Å². The normalized spacial score (nSPS) is 25.9. The molecule has 6 nitrogen and oxygen atoms in total. The third-order valence-electron chi connectivity index (χ3n) is 8.86. The van der Waals surface area contributed by atoms with Gasteiger partial charge in [-0.3, -0.25) is 14.5 Å². The van der Waals surface area contributed by atoms with Crippen molar-refractivity contribution in [1.29, 1.82) is 5.26 Å². The topological polar surface area (TPSA) is 76.4 Å². The van der Waals surface area contributed by atoms with Gasteiger partial charge in [0.2, 0.25) is 5.91 Å². The molecule has 186 valence electrons. The van der Waals surface area contributed by atoms with Crippen molar-refractivity contribution in [2.75, 3.05) is 18.4 Å². The average molecular weight is 483 g/mol. The Balaban J connectivity index is 1.16. The van der Waals surface area contributed by atoms with Gasteiger partial charge in [0.1, 0.15) is 0 Å². The second-order valence-corrected chi connectivity index (χ2v) is 11.0. The molecule has 3 atom stereocenters. The third-order valence-corrected chi connectivity index (χ3v) is 8.86. The lowest BCUT2D eigenvalue weighted by Gasteiger charge is -2.45. The number of nitriles is 1. The standard InChI is InChI=1S/C30H34N4O2/c31-17-20-5-4-8-23(15-20)29(35)32-24-11-9-21-10-14-28(27(21)16-24)33-18-25-12-13-26(19-33)34(25)30(36)22-6-2-1-3-7-22/h4-5,8-9,11,15-16,22,25-26,28H,1-3,6-7,10,12-14,18-19H2,(H,32,35)/t25?,26?,28-/m1/s1. The number of hydrogen-bond donors (Lipinski definition) is 1. The second-order valence-electron chi connectivity index (χ2n) is 11.0.